The van der Waals surface area contributed by atoms with E-state index in [2.05, 4.69) is 5.32 Å². The molecule has 0 atom stereocenters. The Balaban J connectivity index is 2.25. The van der Waals surface area contributed by atoms with Crippen molar-refractivity contribution in [2.75, 3.05) is 12.4 Å². The van der Waals surface area contributed by atoms with E-state index in [1.165, 1.54) is 25.3 Å². The number of anilines is 1. The maximum Gasteiger partial charge on any atom is 0.339 e. The zero-order chi connectivity index (χ0) is 17.1. The van der Waals surface area contributed by atoms with Gasteiger partial charge in [-0.3, -0.25) is 4.79 Å². The first-order chi connectivity index (χ1) is 10.8. The van der Waals surface area contributed by atoms with Gasteiger partial charge in [0.25, 0.3) is 5.91 Å². The molecule has 23 heavy (non-hydrogen) atoms. The van der Waals surface area contributed by atoms with Gasteiger partial charge in [-0.2, -0.15) is 0 Å². The van der Waals surface area contributed by atoms with Gasteiger partial charge >= 0.3 is 5.97 Å². The van der Waals surface area contributed by atoms with Gasteiger partial charge in [-0.15, -0.1) is 0 Å². The number of rotatable bonds is 5. The molecule has 1 aromatic carbocycles. The smallest absolute Gasteiger partial charge is 0.339 e. The molecular formula is C17H19NO5. The fourth-order valence-corrected chi connectivity index (χ4v) is 2.16. The standard InChI is InChI=1S/C17H19NO5/c1-9(2)14-8-13(10(3)23-14)16(19)18-11-5-6-12(17(20)21)15(7-11)22-4/h5-9H,1-4H3,(H,18,19)(H,20,21). The second-order valence-corrected chi connectivity index (χ2v) is 5.45. The van der Waals surface area contributed by atoms with Gasteiger partial charge in [-0.05, 0) is 25.1 Å². The fraction of sp³-hybridized carbons (Fsp3) is 0.294. The number of carbonyl (C=O) groups is 2. The van der Waals surface area contributed by atoms with Crippen molar-refractivity contribution in [2.45, 2.75) is 26.7 Å². The molecule has 0 unspecified atom stereocenters. The van der Waals surface area contributed by atoms with Crippen LogP contribution in [0.4, 0.5) is 5.69 Å². The van der Waals surface area contributed by atoms with Crippen LogP contribution in [0.25, 0.3) is 0 Å². The average molecular weight is 317 g/mol. The first-order valence-corrected chi connectivity index (χ1v) is 7.16. The van der Waals surface area contributed by atoms with Crippen LogP contribution in [0.5, 0.6) is 5.75 Å². The third kappa shape index (κ3) is 3.53. The molecule has 1 amide bonds. The molecule has 1 heterocycles. The largest absolute Gasteiger partial charge is 0.496 e. The topological polar surface area (TPSA) is 88.8 Å². The second-order valence-electron chi connectivity index (χ2n) is 5.45. The SMILES string of the molecule is COc1cc(NC(=O)c2cc(C(C)C)oc2C)ccc1C(=O)O. The molecule has 0 aliphatic rings. The highest BCUT2D eigenvalue weighted by Gasteiger charge is 2.18. The minimum absolute atomic E-state index is 0.0343. The average Bonchev–Trinajstić information content (AvgIpc) is 2.89. The summed E-state index contributed by atoms with van der Waals surface area (Å²) in [6.07, 6.45) is 0. The summed E-state index contributed by atoms with van der Waals surface area (Å²) in [5.74, 6) is 0.245. The van der Waals surface area contributed by atoms with E-state index >= 15 is 0 Å². The maximum absolute atomic E-state index is 12.4. The molecule has 6 heteroatoms. The van der Waals surface area contributed by atoms with Crippen LogP contribution in [0, 0.1) is 6.92 Å². The number of furan rings is 1. The van der Waals surface area contributed by atoms with Gasteiger partial charge < -0.3 is 19.6 Å². The van der Waals surface area contributed by atoms with Crippen molar-refractivity contribution in [1.29, 1.82) is 0 Å². The van der Waals surface area contributed by atoms with E-state index in [1.54, 1.807) is 13.0 Å². The fourth-order valence-electron chi connectivity index (χ4n) is 2.16. The normalized spacial score (nSPS) is 10.7. The van der Waals surface area contributed by atoms with Gasteiger partial charge in [0.15, 0.2) is 0 Å². The Morgan fingerprint density at radius 3 is 2.43 bits per heavy atom. The number of carbonyl (C=O) groups excluding carboxylic acids is 1. The quantitative estimate of drug-likeness (QED) is 0.878. The monoisotopic (exact) mass is 317 g/mol. The van der Waals surface area contributed by atoms with E-state index in [0.29, 0.717) is 17.0 Å². The Labute approximate surface area is 134 Å². The minimum atomic E-state index is -1.09. The van der Waals surface area contributed by atoms with E-state index in [4.69, 9.17) is 14.3 Å². The lowest BCUT2D eigenvalue weighted by Gasteiger charge is -2.09. The number of nitrogens with one attached hydrogen (secondary N) is 1. The van der Waals surface area contributed by atoms with Crippen LogP contribution < -0.4 is 10.1 Å². The van der Waals surface area contributed by atoms with Gasteiger partial charge in [-0.1, -0.05) is 13.8 Å². The predicted molar refractivity (Wildman–Crippen MR) is 85.4 cm³/mol. The molecule has 0 radical (unpaired) electrons. The highest BCUT2D eigenvalue weighted by Crippen LogP contribution is 2.25. The van der Waals surface area contributed by atoms with Crippen LogP contribution in [0.3, 0.4) is 0 Å². The Morgan fingerprint density at radius 2 is 1.91 bits per heavy atom. The van der Waals surface area contributed by atoms with Gasteiger partial charge in [-0.25, -0.2) is 4.79 Å². The molecule has 0 fully saturated rings. The van der Waals surface area contributed by atoms with Crippen LogP contribution in [-0.4, -0.2) is 24.1 Å². The van der Waals surface area contributed by atoms with Crippen molar-refractivity contribution in [3.8, 4) is 5.75 Å². The summed E-state index contributed by atoms with van der Waals surface area (Å²) < 4.78 is 10.6. The van der Waals surface area contributed by atoms with E-state index in [1.807, 2.05) is 13.8 Å². The van der Waals surface area contributed by atoms with Gasteiger partial charge in [0, 0.05) is 17.7 Å². The Kier molecular flexibility index (Phi) is 4.74. The zero-order valence-corrected chi connectivity index (χ0v) is 13.5. The molecule has 2 N–H and O–H groups in total. The third-order valence-electron chi connectivity index (χ3n) is 3.44. The molecular weight excluding hydrogens is 298 g/mol. The third-order valence-corrected chi connectivity index (χ3v) is 3.44. The molecule has 122 valence electrons. The number of benzene rings is 1. The van der Waals surface area contributed by atoms with E-state index in [-0.39, 0.29) is 23.1 Å². The van der Waals surface area contributed by atoms with E-state index < -0.39 is 5.97 Å². The lowest BCUT2D eigenvalue weighted by molar-refractivity contribution is 0.0693. The number of carboxylic acid groups (broad SMARTS) is 1. The molecule has 2 rings (SSSR count). The van der Waals surface area contributed by atoms with Gasteiger partial charge in [0.05, 0.1) is 12.7 Å². The summed E-state index contributed by atoms with van der Waals surface area (Å²) in [7, 11) is 1.38. The number of ether oxygens (including phenoxy) is 1. The first-order valence-electron chi connectivity index (χ1n) is 7.16. The second kappa shape index (κ2) is 6.56. The van der Waals surface area contributed by atoms with Crippen molar-refractivity contribution in [1.82, 2.24) is 0 Å². The summed E-state index contributed by atoms with van der Waals surface area (Å²) in [4.78, 5) is 23.4. The van der Waals surface area contributed by atoms with Crippen LogP contribution in [0.15, 0.2) is 28.7 Å². The highest BCUT2D eigenvalue weighted by atomic mass is 16.5. The van der Waals surface area contributed by atoms with E-state index in [9.17, 15) is 9.59 Å². The molecule has 0 aliphatic heterocycles. The Morgan fingerprint density at radius 1 is 1.22 bits per heavy atom. The Bertz CT molecular complexity index is 745. The summed E-state index contributed by atoms with van der Waals surface area (Å²) in [6.45, 7) is 5.69. The number of amides is 1. The maximum atomic E-state index is 12.4. The molecule has 2 aromatic rings. The van der Waals surface area contributed by atoms with Crippen LogP contribution >= 0.6 is 0 Å². The summed E-state index contributed by atoms with van der Waals surface area (Å²) >= 11 is 0. The molecule has 0 saturated carbocycles. The number of hydrogen-bond acceptors (Lipinski definition) is 4. The number of hydrogen-bond donors (Lipinski definition) is 2. The molecule has 6 nitrogen and oxygen atoms in total. The lowest BCUT2D eigenvalue weighted by Crippen LogP contribution is -2.12. The summed E-state index contributed by atoms with van der Waals surface area (Å²) in [5.41, 5.74) is 0.936. The molecule has 1 aromatic heterocycles. The van der Waals surface area contributed by atoms with Crippen molar-refractivity contribution in [3.63, 3.8) is 0 Å². The van der Waals surface area contributed by atoms with Crippen molar-refractivity contribution < 1.29 is 23.8 Å². The van der Waals surface area contributed by atoms with Gasteiger partial charge in [0.1, 0.15) is 22.8 Å². The van der Waals surface area contributed by atoms with Crippen LogP contribution in [0.2, 0.25) is 0 Å². The number of aromatic carboxylic acids is 1. The Hall–Kier alpha value is -2.76. The summed E-state index contributed by atoms with van der Waals surface area (Å²) in [5, 5.41) is 11.8. The van der Waals surface area contributed by atoms with Crippen LogP contribution in [-0.2, 0) is 0 Å². The van der Waals surface area contributed by atoms with Crippen molar-refractivity contribution in [3.05, 3.63) is 46.9 Å². The number of carboxylic acids is 1. The highest BCUT2D eigenvalue weighted by molar-refractivity contribution is 6.05. The zero-order valence-electron chi connectivity index (χ0n) is 13.5. The van der Waals surface area contributed by atoms with E-state index in [0.717, 1.165) is 5.76 Å². The molecule has 0 saturated heterocycles. The minimum Gasteiger partial charge on any atom is -0.496 e. The van der Waals surface area contributed by atoms with Gasteiger partial charge in [0.2, 0.25) is 0 Å². The number of methoxy groups -OCH3 is 1. The predicted octanol–water partition coefficient (Wildman–Crippen LogP) is 3.67. The summed E-state index contributed by atoms with van der Waals surface area (Å²) in [6, 6.07) is 6.10. The first kappa shape index (κ1) is 16.6. The molecule has 0 aliphatic carbocycles. The molecule has 0 spiro atoms. The number of aryl methyl sites for hydroxylation is 1. The molecule has 0 bridgehead atoms. The van der Waals surface area contributed by atoms with Crippen LogP contribution in [0.1, 0.15) is 52.0 Å². The van der Waals surface area contributed by atoms with Crippen molar-refractivity contribution >= 4 is 17.6 Å². The van der Waals surface area contributed by atoms with Crippen molar-refractivity contribution in [2.24, 2.45) is 0 Å². The lowest BCUT2D eigenvalue weighted by atomic mass is 10.1.